The van der Waals surface area contributed by atoms with Crippen LogP contribution in [0.1, 0.15) is 11.1 Å². The number of nitrogens with zero attached hydrogens (tertiary/aromatic N) is 1. The molecule has 0 spiro atoms. The monoisotopic (exact) mass is 444 g/mol. The number of methoxy groups -OCH3 is 2. The summed E-state index contributed by atoms with van der Waals surface area (Å²) < 4.78 is 11.1. The number of anilines is 1. The Kier molecular flexibility index (Phi) is 5.51. The number of nitrogens with one attached hydrogen (secondary N) is 1. The zero-order valence-electron chi connectivity index (χ0n) is 15.4. The van der Waals surface area contributed by atoms with Crippen molar-refractivity contribution >= 4 is 45.5 Å². The molecular formula is C20H17BrN2O5. The van der Waals surface area contributed by atoms with Gasteiger partial charge in [-0.3, -0.25) is 14.9 Å². The fraction of sp³-hybridized carbons (Fsp3) is 0.150. The highest BCUT2D eigenvalue weighted by molar-refractivity contribution is 9.10. The van der Waals surface area contributed by atoms with Crippen LogP contribution in [0.4, 0.5) is 10.5 Å². The number of aryl methyl sites for hydroxylation is 1. The lowest BCUT2D eigenvalue weighted by molar-refractivity contribution is -0.122. The molecule has 2 aromatic carbocycles. The average molecular weight is 445 g/mol. The predicted molar refractivity (Wildman–Crippen MR) is 107 cm³/mol. The number of halogens is 1. The highest BCUT2D eigenvalue weighted by Gasteiger charge is 2.36. The van der Waals surface area contributed by atoms with E-state index in [1.807, 2.05) is 6.92 Å². The van der Waals surface area contributed by atoms with Gasteiger partial charge in [-0.25, -0.2) is 9.69 Å². The molecule has 0 unspecified atom stereocenters. The summed E-state index contributed by atoms with van der Waals surface area (Å²) in [6, 6.07) is 9.35. The van der Waals surface area contributed by atoms with E-state index in [0.29, 0.717) is 27.2 Å². The summed E-state index contributed by atoms with van der Waals surface area (Å²) in [6.07, 6.45) is 1.40. The molecule has 1 fully saturated rings. The quantitative estimate of drug-likeness (QED) is 0.576. The van der Waals surface area contributed by atoms with Crippen LogP contribution in [0.5, 0.6) is 11.5 Å². The van der Waals surface area contributed by atoms with Crippen molar-refractivity contribution in [2.24, 2.45) is 0 Å². The van der Waals surface area contributed by atoms with E-state index < -0.39 is 17.8 Å². The molecule has 8 heteroatoms. The lowest BCUT2D eigenvalue weighted by Gasteiger charge is -2.26. The van der Waals surface area contributed by atoms with E-state index in [0.717, 1.165) is 10.5 Å². The number of carbonyl (C=O) groups is 3. The lowest BCUT2D eigenvalue weighted by Crippen LogP contribution is -2.54. The second-order valence-corrected chi connectivity index (χ2v) is 6.88. The molecule has 3 rings (SSSR count). The first-order valence-corrected chi connectivity index (χ1v) is 9.04. The van der Waals surface area contributed by atoms with Crippen molar-refractivity contribution < 1.29 is 23.9 Å². The second kappa shape index (κ2) is 7.85. The van der Waals surface area contributed by atoms with Crippen molar-refractivity contribution in [3.63, 3.8) is 0 Å². The molecule has 0 bridgehead atoms. The molecule has 144 valence electrons. The SMILES string of the molecule is COc1cc(Br)c(/C=C2\C(=O)NC(=O)N(c3ccc(C)cc3)C2=O)cc1OC. The van der Waals surface area contributed by atoms with Gasteiger partial charge in [0.15, 0.2) is 11.5 Å². The van der Waals surface area contributed by atoms with Gasteiger partial charge in [-0.15, -0.1) is 0 Å². The number of amides is 4. The standard InChI is InChI=1S/C20H17BrN2O5/c1-11-4-6-13(7-5-11)23-19(25)14(18(24)22-20(23)26)8-12-9-16(27-2)17(28-3)10-15(12)21/h4-10H,1-3H3,(H,22,24,26)/b14-8+. The van der Waals surface area contributed by atoms with Crippen molar-refractivity contribution in [3.05, 3.63) is 57.6 Å². The van der Waals surface area contributed by atoms with Gasteiger partial charge in [-0.1, -0.05) is 33.6 Å². The molecule has 0 radical (unpaired) electrons. The molecule has 1 heterocycles. The zero-order chi connectivity index (χ0) is 20.4. The molecular weight excluding hydrogens is 428 g/mol. The van der Waals surface area contributed by atoms with E-state index in [1.165, 1.54) is 20.3 Å². The Balaban J connectivity index is 2.05. The molecule has 1 aliphatic rings. The number of rotatable bonds is 4. The summed E-state index contributed by atoms with van der Waals surface area (Å²) in [5, 5.41) is 2.20. The van der Waals surface area contributed by atoms with Crippen LogP contribution < -0.4 is 19.7 Å². The van der Waals surface area contributed by atoms with Crippen LogP contribution in [-0.2, 0) is 9.59 Å². The number of hydrogen-bond donors (Lipinski definition) is 1. The normalized spacial score (nSPS) is 15.6. The molecule has 7 nitrogen and oxygen atoms in total. The van der Waals surface area contributed by atoms with Crippen LogP contribution in [0.3, 0.4) is 0 Å². The van der Waals surface area contributed by atoms with Crippen molar-refractivity contribution in [3.8, 4) is 11.5 Å². The number of carbonyl (C=O) groups excluding carboxylic acids is 3. The third-order valence-corrected chi connectivity index (χ3v) is 4.88. The molecule has 0 atom stereocenters. The Morgan fingerprint density at radius 1 is 1.00 bits per heavy atom. The fourth-order valence-corrected chi connectivity index (χ4v) is 3.16. The predicted octanol–water partition coefficient (Wildman–Crippen LogP) is 3.44. The molecule has 28 heavy (non-hydrogen) atoms. The van der Waals surface area contributed by atoms with E-state index in [1.54, 1.807) is 36.4 Å². The van der Waals surface area contributed by atoms with Gasteiger partial charge in [0.25, 0.3) is 11.8 Å². The van der Waals surface area contributed by atoms with Crippen LogP contribution in [0, 0.1) is 6.92 Å². The number of barbiturate groups is 1. The summed E-state index contributed by atoms with van der Waals surface area (Å²) in [5.41, 5.74) is 1.70. The van der Waals surface area contributed by atoms with E-state index in [2.05, 4.69) is 21.2 Å². The highest BCUT2D eigenvalue weighted by atomic mass is 79.9. The van der Waals surface area contributed by atoms with Crippen LogP contribution in [0.25, 0.3) is 6.08 Å². The van der Waals surface area contributed by atoms with Crippen LogP contribution in [0.15, 0.2) is 46.4 Å². The Morgan fingerprint density at radius 2 is 1.61 bits per heavy atom. The first-order chi connectivity index (χ1) is 13.3. The summed E-state index contributed by atoms with van der Waals surface area (Å²) in [4.78, 5) is 38.4. The van der Waals surface area contributed by atoms with Gasteiger partial charge in [0, 0.05) is 4.47 Å². The molecule has 1 saturated heterocycles. The number of urea groups is 1. The van der Waals surface area contributed by atoms with Crippen LogP contribution in [-0.4, -0.2) is 32.1 Å². The molecule has 4 amide bonds. The summed E-state index contributed by atoms with van der Waals surface area (Å²) in [6.45, 7) is 1.89. The van der Waals surface area contributed by atoms with Gasteiger partial charge in [0.1, 0.15) is 5.57 Å². The minimum atomic E-state index is -0.789. The maximum absolute atomic E-state index is 12.9. The number of benzene rings is 2. The minimum absolute atomic E-state index is 0.173. The van der Waals surface area contributed by atoms with Crippen LogP contribution >= 0.6 is 15.9 Å². The molecule has 0 saturated carbocycles. The maximum atomic E-state index is 12.9. The van der Waals surface area contributed by atoms with Gasteiger partial charge >= 0.3 is 6.03 Å². The number of ether oxygens (including phenoxy) is 2. The summed E-state index contributed by atoms with van der Waals surface area (Å²) in [5.74, 6) is -0.542. The average Bonchev–Trinajstić information content (AvgIpc) is 2.67. The van der Waals surface area contributed by atoms with Gasteiger partial charge in [-0.2, -0.15) is 0 Å². The topological polar surface area (TPSA) is 84.9 Å². The number of imide groups is 2. The third kappa shape index (κ3) is 3.63. The third-order valence-electron chi connectivity index (χ3n) is 4.20. The second-order valence-electron chi connectivity index (χ2n) is 6.02. The Labute approximate surface area is 170 Å². The number of hydrogen-bond acceptors (Lipinski definition) is 5. The first kappa shape index (κ1) is 19.6. The Morgan fingerprint density at radius 3 is 2.21 bits per heavy atom. The smallest absolute Gasteiger partial charge is 0.335 e. The highest BCUT2D eigenvalue weighted by Crippen LogP contribution is 2.35. The van der Waals surface area contributed by atoms with Gasteiger partial charge < -0.3 is 9.47 Å². The van der Waals surface area contributed by atoms with E-state index in [9.17, 15) is 14.4 Å². The fourth-order valence-electron chi connectivity index (χ4n) is 2.72. The Bertz CT molecular complexity index is 998. The molecule has 0 aromatic heterocycles. The van der Waals surface area contributed by atoms with Crippen molar-refractivity contribution in [2.75, 3.05) is 19.1 Å². The molecule has 1 N–H and O–H groups in total. The van der Waals surface area contributed by atoms with Crippen LogP contribution in [0.2, 0.25) is 0 Å². The van der Waals surface area contributed by atoms with E-state index in [-0.39, 0.29) is 5.57 Å². The van der Waals surface area contributed by atoms with Crippen molar-refractivity contribution in [1.82, 2.24) is 5.32 Å². The minimum Gasteiger partial charge on any atom is -0.493 e. The van der Waals surface area contributed by atoms with Crippen molar-refractivity contribution in [1.29, 1.82) is 0 Å². The molecule has 0 aliphatic carbocycles. The van der Waals surface area contributed by atoms with E-state index in [4.69, 9.17) is 9.47 Å². The summed E-state index contributed by atoms with van der Waals surface area (Å²) >= 11 is 3.39. The van der Waals surface area contributed by atoms with Gasteiger partial charge in [-0.05, 0) is 42.8 Å². The van der Waals surface area contributed by atoms with Gasteiger partial charge in [0.2, 0.25) is 0 Å². The largest absolute Gasteiger partial charge is 0.493 e. The van der Waals surface area contributed by atoms with Gasteiger partial charge in [0.05, 0.1) is 19.9 Å². The summed E-state index contributed by atoms with van der Waals surface area (Å²) in [7, 11) is 2.99. The zero-order valence-corrected chi connectivity index (χ0v) is 17.0. The lowest BCUT2D eigenvalue weighted by atomic mass is 10.1. The first-order valence-electron chi connectivity index (χ1n) is 8.25. The Hall–Kier alpha value is -3.13. The van der Waals surface area contributed by atoms with E-state index >= 15 is 0 Å². The maximum Gasteiger partial charge on any atom is 0.335 e. The van der Waals surface area contributed by atoms with Crippen molar-refractivity contribution in [2.45, 2.75) is 6.92 Å². The molecule has 1 aliphatic heterocycles. The molecule has 2 aromatic rings.